The molecule has 3 nitrogen and oxygen atoms in total. The van der Waals surface area contributed by atoms with E-state index in [4.69, 9.17) is 4.74 Å². The zero-order chi connectivity index (χ0) is 12.4. The minimum Gasteiger partial charge on any atom is -0.383 e. The molecule has 1 atom stereocenters. The summed E-state index contributed by atoms with van der Waals surface area (Å²) in [7, 11) is 1.77. The van der Waals surface area contributed by atoms with Crippen molar-refractivity contribution in [2.75, 3.05) is 39.9 Å². The van der Waals surface area contributed by atoms with E-state index in [0.29, 0.717) is 12.0 Å². The molecule has 0 bridgehead atoms. The Kier molecular flexibility index (Phi) is 9.99. The van der Waals surface area contributed by atoms with Crippen molar-refractivity contribution in [2.24, 2.45) is 5.92 Å². The molecule has 0 heterocycles. The number of hydrogen-bond acceptors (Lipinski definition) is 3. The first-order valence-corrected chi connectivity index (χ1v) is 6.60. The van der Waals surface area contributed by atoms with Gasteiger partial charge in [-0.1, -0.05) is 27.7 Å². The second-order valence-electron chi connectivity index (χ2n) is 4.64. The highest BCUT2D eigenvalue weighted by molar-refractivity contribution is 4.70. The van der Waals surface area contributed by atoms with Gasteiger partial charge in [0.05, 0.1) is 6.61 Å². The van der Waals surface area contributed by atoms with Crippen molar-refractivity contribution in [1.82, 2.24) is 10.2 Å². The van der Waals surface area contributed by atoms with Gasteiger partial charge in [-0.3, -0.25) is 0 Å². The zero-order valence-corrected chi connectivity index (χ0v) is 11.8. The summed E-state index contributed by atoms with van der Waals surface area (Å²) >= 11 is 0. The predicted molar refractivity (Wildman–Crippen MR) is 70.9 cm³/mol. The molecule has 0 fully saturated rings. The van der Waals surface area contributed by atoms with Gasteiger partial charge in [0, 0.05) is 13.2 Å². The SMILES string of the molecule is CCN(CC)CCCNC(COC)C(C)C. The Labute approximate surface area is 102 Å². The fraction of sp³-hybridized carbons (Fsp3) is 1.00. The van der Waals surface area contributed by atoms with Crippen LogP contribution in [0, 0.1) is 5.92 Å². The van der Waals surface area contributed by atoms with Gasteiger partial charge in [-0.25, -0.2) is 0 Å². The molecule has 0 aromatic rings. The smallest absolute Gasteiger partial charge is 0.0618 e. The first kappa shape index (κ1) is 15.9. The van der Waals surface area contributed by atoms with Crippen LogP contribution in [0.3, 0.4) is 0 Å². The van der Waals surface area contributed by atoms with Gasteiger partial charge in [0.1, 0.15) is 0 Å². The fourth-order valence-electron chi connectivity index (χ4n) is 1.80. The maximum atomic E-state index is 5.21. The topological polar surface area (TPSA) is 24.5 Å². The van der Waals surface area contributed by atoms with Crippen molar-refractivity contribution < 1.29 is 4.74 Å². The molecule has 0 amide bonds. The lowest BCUT2D eigenvalue weighted by Gasteiger charge is -2.23. The minimum atomic E-state index is 0.488. The van der Waals surface area contributed by atoms with Gasteiger partial charge in [-0.2, -0.15) is 0 Å². The molecule has 98 valence electrons. The van der Waals surface area contributed by atoms with Gasteiger partial charge in [0.15, 0.2) is 0 Å². The van der Waals surface area contributed by atoms with E-state index in [2.05, 4.69) is 37.9 Å². The molecule has 0 saturated heterocycles. The molecule has 0 radical (unpaired) electrons. The van der Waals surface area contributed by atoms with Crippen LogP contribution in [0.4, 0.5) is 0 Å². The van der Waals surface area contributed by atoms with E-state index in [1.165, 1.54) is 13.0 Å². The molecule has 0 aromatic heterocycles. The van der Waals surface area contributed by atoms with E-state index in [-0.39, 0.29) is 0 Å². The van der Waals surface area contributed by atoms with E-state index in [1.54, 1.807) is 7.11 Å². The Hall–Kier alpha value is -0.120. The molecule has 0 saturated carbocycles. The third-order valence-electron chi connectivity index (χ3n) is 3.10. The van der Waals surface area contributed by atoms with E-state index in [1.807, 2.05) is 0 Å². The van der Waals surface area contributed by atoms with E-state index in [9.17, 15) is 0 Å². The number of hydrogen-bond donors (Lipinski definition) is 1. The highest BCUT2D eigenvalue weighted by Gasteiger charge is 2.11. The summed E-state index contributed by atoms with van der Waals surface area (Å²) in [5, 5.41) is 3.57. The Bertz CT molecular complexity index is 147. The standard InChI is InChI=1S/C13H30N2O/c1-6-15(7-2)10-8-9-14-13(11-16-5)12(3)4/h12-14H,6-11H2,1-5H3. The molecule has 16 heavy (non-hydrogen) atoms. The number of rotatable bonds is 10. The second kappa shape index (κ2) is 10.1. The van der Waals surface area contributed by atoms with Crippen LogP contribution in [0.5, 0.6) is 0 Å². The maximum absolute atomic E-state index is 5.21. The lowest BCUT2D eigenvalue weighted by atomic mass is 10.1. The van der Waals surface area contributed by atoms with Gasteiger partial charge < -0.3 is 15.0 Å². The summed E-state index contributed by atoms with van der Waals surface area (Å²) in [5.74, 6) is 0.633. The van der Waals surface area contributed by atoms with Crippen molar-refractivity contribution in [1.29, 1.82) is 0 Å². The van der Waals surface area contributed by atoms with Crippen molar-refractivity contribution in [3.63, 3.8) is 0 Å². The summed E-state index contributed by atoms with van der Waals surface area (Å²) < 4.78 is 5.21. The Balaban J connectivity index is 3.61. The van der Waals surface area contributed by atoms with Crippen molar-refractivity contribution in [2.45, 2.75) is 40.2 Å². The highest BCUT2D eigenvalue weighted by Crippen LogP contribution is 2.01. The Morgan fingerprint density at radius 1 is 1.19 bits per heavy atom. The molecule has 0 aliphatic rings. The van der Waals surface area contributed by atoms with Gasteiger partial charge in [0.25, 0.3) is 0 Å². The van der Waals surface area contributed by atoms with Crippen molar-refractivity contribution in [3.05, 3.63) is 0 Å². The summed E-state index contributed by atoms with van der Waals surface area (Å²) in [6, 6.07) is 0.488. The minimum absolute atomic E-state index is 0.488. The third-order valence-corrected chi connectivity index (χ3v) is 3.10. The van der Waals surface area contributed by atoms with Gasteiger partial charge in [-0.05, 0) is 38.5 Å². The number of nitrogens with zero attached hydrogens (tertiary/aromatic N) is 1. The van der Waals surface area contributed by atoms with Crippen LogP contribution in [0.15, 0.2) is 0 Å². The largest absolute Gasteiger partial charge is 0.383 e. The van der Waals surface area contributed by atoms with Crippen LogP contribution in [0.25, 0.3) is 0 Å². The lowest BCUT2D eigenvalue weighted by Crippen LogP contribution is -2.39. The molecule has 1 N–H and O–H groups in total. The first-order chi connectivity index (χ1) is 7.65. The molecule has 1 unspecified atom stereocenters. The van der Waals surface area contributed by atoms with Crippen molar-refractivity contribution in [3.8, 4) is 0 Å². The lowest BCUT2D eigenvalue weighted by molar-refractivity contribution is 0.146. The van der Waals surface area contributed by atoms with E-state index < -0.39 is 0 Å². The molecular weight excluding hydrogens is 200 g/mol. The van der Waals surface area contributed by atoms with Gasteiger partial charge >= 0.3 is 0 Å². The second-order valence-corrected chi connectivity index (χ2v) is 4.64. The molecule has 0 rings (SSSR count). The molecule has 0 aromatic carbocycles. The molecule has 3 heteroatoms. The van der Waals surface area contributed by atoms with Crippen LogP contribution in [-0.2, 0) is 4.74 Å². The van der Waals surface area contributed by atoms with E-state index >= 15 is 0 Å². The van der Waals surface area contributed by atoms with Crippen molar-refractivity contribution >= 4 is 0 Å². The predicted octanol–water partition coefficient (Wildman–Crippen LogP) is 1.98. The molecule has 0 spiro atoms. The number of nitrogens with one attached hydrogen (secondary N) is 1. The van der Waals surface area contributed by atoms with Crippen LogP contribution >= 0.6 is 0 Å². The van der Waals surface area contributed by atoms with Crippen LogP contribution in [0.2, 0.25) is 0 Å². The van der Waals surface area contributed by atoms with Gasteiger partial charge in [0.2, 0.25) is 0 Å². The monoisotopic (exact) mass is 230 g/mol. The normalized spacial score (nSPS) is 13.7. The summed E-state index contributed by atoms with van der Waals surface area (Å²) in [6.07, 6.45) is 1.22. The quantitative estimate of drug-likeness (QED) is 0.581. The van der Waals surface area contributed by atoms with Crippen LogP contribution in [0.1, 0.15) is 34.1 Å². The molecule has 0 aliphatic heterocycles. The van der Waals surface area contributed by atoms with E-state index in [0.717, 1.165) is 26.2 Å². The summed E-state index contributed by atoms with van der Waals surface area (Å²) in [6.45, 7) is 14.3. The zero-order valence-electron chi connectivity index (χ0n) is 11.8. The average molecular weight is 230 g/mol. The van der Waals surface area contributed by atoms with Gasteiger partial charge in [-0.15, -0.1) is 0 Å². The highest BCUT2D eigenvalue weighted by atomic mass is 16.5. The number of ether oxygens (including phenoxy) is 1. The fourth-order valence-corrected chi connectivity index (χ4v) is 1.80. The summed E-state index contributed by atoms with van der Waals surface area (Å²) in [5.41, 5.74) is 0. The molecular formula is C13H30N2O. The summed E-state index contributed by atoms with van der Waals surface area (Å²) in [4.78, 5) is 2.46. The average Bonchev–Trinajstić information content (AvgIpc) is 2.27. The Morgan fingerprint density at radius 2 is 1.81 bits per heavy atom. The molecule has 0 aliphatic carbocycles. The third kappa shape index (κ3) is 7.20. The first-order valence-electron chi connectivity index (χ1n) is 6.60. The van der Waals surface area contributed by atoms with Crippen LogP contribution < -0.4 is 5.32 Å². The van der Waals surface area contributed by atoms with Crippen LogP contribution in [-0.4, -0.2) is 50.8 Å². The maximum Gasteiger partial charge on any atom is 0.0618 e. The number of methoxy groups -OCH3 is 1. The Morgan fingerprint density at radius 3 is 2.25 bits per heavy atom.